The molecule has 0 saturated carbocycles. The Morgan fingerprint density at radius 1 is 1.53 bits per heavy atom. The van der Waals surface area contributed by atoms with Crippen molar-refractivity contribution >= 4 is 38.9 Å². The molecule has 102 valence electrons. The zero-order chi connectivity index (χ0) is 14.0. The second kappa shape index (κ2) is 6.33. The SMILES string of the molecule is Cc1cc(C(Cc2cccc(Cl)c2F)NN)sc1Br. The van der Waals surface area contributed by atoms with E-state index in [2.05, 4.69) is 21.4 Å². The first-order chi connectivity index (χ1) is 9.02. The highest BCUT2D eigenvalue weighted by Gasteiger charge is 2.17. The maximum absolute atomic E-state index is 13.9. The number of benzene rings is 1. The van der Waals surface area contributed by atoms with Crippen LogP contribution < -0.4 is 11.3 Å². The second-order valence-electron chi connectivity index (χ2n) is 4.24. The number of halogens is 3. The molecule has 1 aromatic carbocycles. The molecule has 0 radical (unpaired) electrons. The minimum absolute atomic E-state index is 0.136. The topological polar surface area (TPSA) is 38.0 Å². The van der Waals surface area contributed by atoms with E-state index in [1.807, 2.05) is 13.0 Å². The molecule has 3 N–H and O–H groups in total. The van der Waals surface area contributed by atoms with E-state index in [9.17, 15) is 4.39 Å². The highest BCUT2D eigenvalue weighted by atomic mass is 79.9. The molecule has 1 unspecified atom stereocenters. The maximum atomic E-state index is 13.9. The summed E-state index contributed by atoms with van der Waals surface area (Å²) >= 11 is 10.9. The molecular formula is C13H13BrClFN2S. The van der Waals surface area contributed by atoms with Crippen molar-refractivity contribution in [1.82, 2.24) is 5.43 Å². The Hall–Kier alpha value is -0.460. The minimum Gasteiger partial charge on any atom is -0.271 e. The first-order valence-corrected chi connectivity index (χ1v) is 7.66. The molecule has 2 nitrogen and oxygen atoms in total. The summed E-state index contributed by atoms with van der Waals surface area (Å²) in [7, 11) is 0. The van der Waals surface area contributed by atoms with Crippen LogP contribution in [0.25, 0.3) is 0 Å². The van der Waals surface area contributed by atoms with Crippen LogP contribution >= 0.6 is 38.9 Å². The van der Waals surface area contributed by atoms with Gasteiger partial charge in [-0.25, -0.2) is 4.39 Å². The van der Waals surface area contributed by atoms with Crippen molar-refractivity contribution in [3.05, 3.63) is 54.9 Å². The molecule has 2 aromatic rings. The molecule has 0 saturated heterocycles. The quantitative estimate of drug-likeness (QED) is 0.626. The van der Waals surface area contributed by atoms with Gasteiger partial charge in [0.1, 0.15) is 5.82 Å². The summed E-state index contributed by atoms with van der Waals surface area (Å²) in [4.78, 5) is 1.06. The molecule has 2 rings (SSSR count). The van der Waals surface area contributed by atoms with Crippen LogP contribution in [0.3, 0.4) is 0 Å². The monoisotopic (exact) mass is 362 g/mol. The van der Waals surface area contributed by atoms with Gasteiger partial charge in [-0.15, -0.1) is 11.3 Å². The van der Waals surface area contributed by atoms with Crippen LogP contribution in [0.4, 0.5) is 4.39 Å². The third kappa shape index (κ3) is 3.35. The number of hydrogen-bond donors (Lipinski definition) is 2. The van der Waals surface area contributed by atoms with E-state index in [-0.39, 0.29) is 16.9 Å². The smallest absolute Gasteiger partial charge is 0.145 e. The highest BCUT2D eigenvalue weighted by molar-refractivity contribution is 9.11. The first-order valence-electron chi connectivity index (χ1n) is 5.67. The average molecular weight is 364 g/mol. The molecule has 0 aliphatic rings. The van der Waals surface area contributed by atoms with E-state index in [0.29, 0.717) is 12.0 Å². The lowest BCUT2D eigenvalue weighted by Gasteiger charge is -2.15. The average Bonchev–Trinajstić information content (AvgIpc) is 2.71. The lowest BCUT2D eigenvalue weighted by atomic mass is 10.0. The van der Waals surface area contributed by atoms with Crippen molar-refractivity contribution < 1.29 is 4.39 Å². The van der Waals surface area contributed by atoms with Crippen molar-refractivity contribution in [2.45, 2.75) is 19.4 Å². The van der Waals surface area contributed by atoms with Crippen molar-refractivity contribution in [2.24, 2.45) is 5.84 Å². The molecule has 6 heteroatoms. The molecule has 1 heterocycles. The van der Waals surface area contributed by atoms with Crippen molar-refractivity contribution in [3.8, 4) is 0 Å². The van der Waals surface area contributed by atoms with Gasteiger partial charge in [-0.1, -0.05) is 23.7 Å². The third-order valence-corrected chi connectivity index (χ3v) is 5.42. The van der Waals surface area contributed by atoms with Crippen LogP contribution in [0.2, 0.25) is 5.02 Å². The molecule has 0 fully saturated rings. The van der Waals surface area contributed by atoms with Crippen molar-refractivity contribution in [2.75, 3.05) is 0 Å². The summed E-state index contributed by atoms with van der Waals surface area (Å²) < 4.78 is 15.0. The van der Waals surface area contributed by atoms with Crippen LogP contribution in [-0.4, -0.2) is 0 Å². The van der Waals surface area contributed by atoms with Gasteiger partial charge in [0, 0.05) is 4.88 Å². The zero-order valence-electron chi connectivity index (χ0n) is 10.2. The van der Waals surface area contributed by atoms with E-state index in [0.717, 1.165) is 14.2 Å². The molecule has 0 spiro atoms. The highest BCUT2D eigenvalue weighted by Crippen LogP contribution is 2.33. The van der Waals surface area contributed by atoms with Gasteiger partial charge >= 0.3 is 0 Å². The lowest BCUT2D eigenvalue weighted by Crippen LogP contribution is -2.29. The fourth-order valence-electron chi connectivity index (χ4n) is 1.82. The summed E-state index contributed by atoms with van der Waals surface area (Å²) in [5.41, 5.74) is 4.43. The van der Waals surface area contributed by atoms with Crippen LogP contribution in [-0.2, 0) is 6.42 Å². The van der Waals surface area contributed by atoms with Gasteiger partial charge in [0.2, 0.25) is 0 Å². The fraction of sp³-hybridized carbons (Fsp3) is 0.231. The Kier molecular flexibility index (Phi) is 4.97. The summed E-state index contributed by atoms with van der Waals surface area (Å²) in [6.07, 6.45) is 0.454. The number of thiophene rings is 1. The van der Waals surface area contributed by atoms with Crippen molar-refractivity contribution in [1.29, 1.82) is 0 Å². The number of hydrazine groups is 1. The van der Waals surface area contributed by atoms with Crippen molar-refractivity contribution in [3.63, 3.8) is 0 Å². The van der Waals surface area contributed by atoms with Crippen LogP contribution in [0, 0.1) is 12.7 Å². The molecule has 0 aliphatic carbocycles. The molecule has 19 heavy (non-hydrogen) atoms. The van der Waals surface area contributed by atoms with E-state index < -0.39 is 0 Å². The van der Waals surface area contributed by atoms with Crippen LogP contribution in [0.1, 0.15) is 22.0 Å². The Morgan fingerprint density at radius 2 is 2.26 bits per heavy atom. The Balaban J connectivity index is 2.26. The van der Waals surface area contributed by atoms with E-state index in [4.69, 9.17) is 17.4 Å². The van der Waals surface area contributed by atoms with Gasteiger partial charge in [0.25, 0.3) is 0 Å². The normalized spacial score (nSPS) is 12.7. The van der Waals surface area contributed by atoms with Gasteiger partial charge < -0.3 is 0 Å². The Bertz CT molecular complexity index is 569. The van der Waals surface area contributed by atoms with E-state index in [1.165, 1.54) is 6.07 Å². The molecule has 0 amide bonds. The van der Waals surface area contributed by atoms with E-state index >= 15 is 0 Å². The second-order valence-corrected chi connectivity index (χ2v) is 7.05. The molecule has 0 bridgehead atoms. The number of nitrogens with two attached hydrogens (primary N) is 1. The first kappa shape index (κ1) is 14.9. The predicted octanol–water partition coefficient (Wildman–Crippen LogP) is 4.36. The Labute approximate surface area is 128 Å². The molecular weight excluding hydrogens is 351 g/mol. The summed E-state index contributed by atoms with van der Waals surface area (Å²) in [5.74, 6) is 5.21. The Morgan fingerprint density at radius 3 is 2.84 bits per heavy atom. The summed E-state index contributed by atoms with van der Waals surface area (Å²) in [6.45, 7) is 2.01. The maximum Gasteiger partial charge on any atom is 0.145 e. The predicted molar refractivity (Wildman–Crippen MR) is 81.9 cm³/mol. The fourth-order valence-corrected chi connectivity index (χ4v) is 3.65. The van der Waals surface area contributed by atoms with Gasteiger partial charge in [-0.2, -0.15) is 0 Å². The molecule has 1 aromatic heterocycles. The number of hydrogen-bond acceptors (Lipinski definition) is 3. The summed E-state index contributed by atoms with van der Waals surface area (Å²) in [5, 5.41) is 0.136. The van der Waals surface area contributed by atoms with Crippen LogP contribution in [0.15, 0.2) is 28.1 Å². The standard InChI is InChI=1S/C13H13BrClFN2S/c1-7-5-11(19-13(7)14)10(18-17)6-8-3-2-4-9(15)12(8)16/h2-5,10,18H,6,17H2,1H3. The largest absolute Gasteiger partial charge is 0.271 e. The van der Waals surface area contributed by atoms with Gasteiger partial charge in [0.05, 0.1) is 14.9 Å². The third-order valence-electron chi connectivity index (χ3n) is 2.88. The number of aryl methyl sites for hydroxylation is 1. The van der Waals surface area contributed by atoms with Crippen LogP contribution in [0.5, 0.6) is 0 Å². The number of nitrogens with one attached hydrogen (secondary N) is 1. The zero-order valence-corrected chi connectivity index (χ0v) is 13.4. The van der Waals surface area contributed by atoms with Gasteiger partial charge in [0.15, 0.2) is 0 Å². The lowest BCUT2D eigenvalue weighted by molar-refractivity contribution is 0.535. The molecule has 1 atom stereocenters. The minimum atomic E-state index is -0.378. The summed E-state index contributed by atoms with van der Waals surface area (Å²) in [6, 6.07) is 6.91. The van der Waals surface area contributed by atoms with E-state index in [1.54, 1.807) is 23.5 Å². The van der Waals surface area contributed by atoms with Gasteiger partial charge in [-0.3, -0.25) is 11.3 Å². The van der Waals surface area contributed by atoms with Gasteiger partial charge in [-0.05, 0) is 52.5 Å². The number of rotatable bonds is 4. The molecule has 0 aliphatic heterocycles.